The van der Waals surface area contributed by atoms with Crippen molar-refractivity contribution in [3.05, 3.63) is 106 Å². The molecule has 0 amide bonds. The second-order valence-electron chi connectivity index (χ2n) is 7.71. The molecule has 0 radical (unpaired) electrons. The predicted octanol–water partition coefficient (Wildman–Crippen LogP) is 7.17. The first-order valence-electron chi connectivity index (χ1n) is 10.4. The second-order valence-corrected chi connectivity index (χ2v) is 8.57. The third-order valence-electron chi connectivity index (χ3n) is 5.75. The molecule has 3 aromatic carbocycles. The van der Waals surface area contributed by atoms with Gasteiger partial charge in [0.25, 0.3) is 0 Å². The van der Waals surface area contributed by atoms with E-state index in [2.05, 4.69) is 15.9 Å². The SMILES string of the molecule is OCC[C@H]1OC(C(F)(F)F)=C(Br)[C@@H](c2ccccc2)[C@@H]1c1ccccc1-c1ccccc1. The van der Waals surface area contributed by atoms with Crippen LogP contribution in [-0.2, 0) is 4.74 Å². The lowest BCUT2D eigenvalue weighted by atomic mass is 9.73. The summed E-state index contributed by atoms with van der Waals surface area (Å²) in [6, 6.07) is 26.6. The minimum Gasteiger partial charge on any atom is -0.484 e. The van der Waals surface area contributed by atoms with Crippen molar-refractivity contribution in [3.63, 3.8) is 0 Å². The summed E-state index contributed by atoms with van der Waals surface area (Å²) in [6.45, 7) is -0.279. The maximum absolute atomic E-state index is 13.9. The molecule has 3 atom stereocenters. The van der Waals surface area contributed by atoms with Crippen molar-refractivity contribution in [2.24, 2.45) is 0 Å². The van der Waals surface area contributed by atoms with Crippen LogP contribution in [-0.4, -0.2) is 24.0 Å². The molecule has 0 fully saturated rings. The van der Waals surface area contributed by atoms with E-state index < -0.39 is 29.9 Å². The number of hydrogen-bond acceptors (Lipinski definition) is 2. The van der Waals surface area contributed by atoms with Crippen LogP contribution in [0.25, 0.3) is 11.1 Å². The van der Waals surface area contributed by atoms with Gasteiger partial charge in [-0.15, -0.1) is 0 Å². The summed E-state index contributed by atoms with van der Waals surface area (Å²) in [7, 11) is 0. The Morgan fingerprint density at radius 3 is 2.06 bits per heavy atom. The molecule has 0 saturated heterocycles. The highest BCUT2D eigenvalue weighted by Crippen LogP contribution is 2.54. The maximum atomic E-state index is 13.9. The van der Waals surface area contributed by atoms with Gasteiger partial charge in [0.15, 0.2) is 0 Å². The number of allylic oxidation sites excluding steroid dienone is 2. The van der Waals surface area contributed by atoms with Gasteiger partial charge in [0.2, 0.25) is 5.76 Å². The molecule has 1 N–H and O–H groups in total. The second kappa shape index (κ2) is 9.51. The van der Waals surface area contributed by atoms with Crippen LogP contribution in [0.4, 0.5) is 13.2 Å². The molecule has 0 bridgehead atoms. The number of rotatable bonds is 5. The lowest BCUT2D eigenvalue weighted by Crippen LogP contribution is -2.37. The predicted molar refractivity (Wildman–Crippen MR) is 122 cm³/mol. The molecule has 0 aliphatic carbocycles. The first kappa shape index (κ1) is 22.6. The van der Waals surface area contributed by atoms with Crippen molar-refractivity contribution in [1.82, 2.24) is 0 Å². The molecule has 2 nitrogen and oxygen atoms in total. The highest BCUT2D eigenvalue weighted by Gasteiger charge is 2.49. The zero-order valence-electron chi connectivity index (χ0n) is 17.1. The van der Waals surface area contributed by atoms with E-state index in [0.717, 1.165) is 22.3 Å². The van der Waals surface area contributed by atoms with Crippen molar-refractivity contribution < 1.29 is 23.0 Å². The number of hydrogen-bond donors (Lipinski definition) is 1. The Labute approximate surface area is 193 Å². The van der Waals surface area contributed by atoms with Gasteiger partial charge in [0.1, 0.15) is 6.10 Å². The fraction of sp³-hybridized carbons (Fsp3) is 0.231. The van der Waals surface area contributed by atoms with Gasteiger partial charge in [0.05, 0.1) is 4.48 Å². The van der Waals surface area contributed by atoms with Crippen LogP contribution in [0.15, 0.2) is 95.2 Å². The van der Waals surface area contributed by atoms with Crippen LogP contribution < -0.4 is 0 Å². The van der Waals surface area contributed by atoms with Crippen LogP contribution in [0.1, 0.15) is 29.4 Å². The molecule has 4 rings (SSSR count). The summed E-state index contributed by atoms with van der Waals surface area (Å²) in [5, 5.41) is 9.69. The molecule has 32 heavy (non-hydrogen) atoms. The average Bonchev–Trinajstić information content (AvgIpc) is 2.80. The van der Waals surface area contributed by atoms with E-state index in [0.29, 0.717) is 0 Å². The van der Waals surface area contributed by atoms with Gasteiger partial charge in [-0.25, -0.2) is 0 Å². The molecule has 1 aliphatic rings. The fourth-order valence-corrected chi connectivity index (χ4v) is 5.29. The standard InChI is InChI=1S/C26H22BrF3O2/c27-24-22(18-11-5-2-6-12-18)23(21(15-16-31)32-25(24)26(28,29)30)20-14-8-7-13-19(20)17-9-3-1-4-10-17/h1-14,21-23,31H,15-16H2/t21-,22+,23-/m1/s1. The molecule has 0 spiro atoms. The summed E-state index contributed by atoms with van der Waals surface area (Å²) in [5.74, 6) is -2.09. The molecule has 1 heterocycles. The zero-order chi connectivity index (χ0) is 22.7. The third kappa shape index (κ3) is 4.48. The minimum atomic E-state index is -4.65. The Morgan fingerprint density at radius 1 is 0.844 bits per heavy atom. The van der Waals surface area contributed by atoms with Crippen LogP contribution in [0.3, 0.4) is 0 Å². The van der Waals surface area contributed by atoms with Gasteiger partial charge in [0, 0.05) is 24.9 Å². The molecule has 6 heteroatoms. The van der Waals surface area contributed by atoms with Crippen molar-refractivity contribution >= 4 is 15.9 Å². The van der Waals surface area contributed by atoms with Gasteiger partial charge in [-0.1, -0.05) is 101 Å². The Bertz CT molecular complexity index is 1080. The highest BCUT2D eigenvalue weighted by molar-refractivity contribution is 9.11. The molecule has 166 valence electrons. The van der Waals surface area contributed by atoms with Crippen molar-refractivity contribution in [2.45, 2.75) is 30.5 Å². The molecular weight excluding hydrogens is 481 g/mol. The highest BCUT2D eigenvalue weighted by atomic mass is 79.9. The van der Waals surface area contributed by atoms with E-state index in [9.17, 15) is 18.3 Å². The van der Waals surface area contributed by atoms with Gasteiger partial charge in [-0.3, -0.25) is 0 Å². The number of aliphatic hydroxyl groups is 1. The normalized spacial score (nSPS) is 21.3. The van der Waals surface area contributed by atoms with Gasteiger partial charge >= 0.3 is 6.18 Å². The van der Waals surface area contributed by atoms with Gasteiger partial charge in [-0.2, -0.15) is 13.2 Å². The van der Waals surface area contributed by atoms with Crippen LogP contribution in [0.2, 0.25) is 0 Å². The molecular formula is C26H22BrF3O2. The Hall–Kier alpha value is -2.57. The van der Waals surface area contributed by atoms with Crippen molar-refractivity contribution in [2.75, 3.05) is 6.61 Å². The van der Waals surface area contributed by atoms with Crippen LogP contribution >= 0.6 is 15.9 Å². The first-order valence-corrected chi connectivity index (χ1v) is 11.1. The third-order valence-corrected chi connectivity index (χ3v) is 6.61. The number of alkyl halides is 3. The topological polar surface area (TPSA) is 29.5 Å². The summed E-state index contributed by atoms with van der Waals surface area (Å²) in [4.78, 5) is 0. The Balaban J connectivity index is 1.96. The summed E-state index contributed by atoms with van der Waals surface area (Å²) >= 11 is 3.26. The summed E-state index contributed by atoms with van der Waals surface area (Å²) in [6.07, 6.45) is -5.42. The number of ether oxygens (including phenoxy) is 1. The molecule has 0 saturated carbocycles. The minimum absolute atomic E-state index is 0.0294. The Morgan fingerprint density at radius 2 is 1.44 bits per heavy atom. The Kier molecular flexibility index (Phi) is 6.72. The molecule has 0 aromatic heterocycles. The van der Waals surface area contributed by atoms with E-state index in [-0.39, 0.29) is 17.5 Å². The van der Waals surface area contributed by atoms with E-state index in [1.807, 2.05) is 84.9 Å². The van der Waals surface area contributed by atoms with E-state index >= 15 is 0 Å². The molecule has 0 unspecified atom stereocenters. The monoisotopic (exact) mass is 502 g/mol. The van der Waals surface area contributed by atoms with E-state index in [1.165, 1.54) is 0 Å². The molecule has 3 aromatic rings. The number of aliphatic hydroxyl groups excluding tert-OH is 1. The smallest absolute Gasteiger partial charge is 0.449 e. The summed E-state index contributed by atoms with van der Waals surface area (Å²) < 4.78 is 47.2. The number of halogens is 4. The van der Waals surface area contributed by atoms with Crippen LogP contribution in [0.5, 0.6) is 0 Å². The van der Waals surface area contributed by atoms with Gasteiger partial charge < -0.3 is 9.84 Å². The van der Waals surface area contributed by atoms with Gasteiger partial charge in [-0.05, 0) is 22.3 Å². The van der Waals surface area contributed by atoms with Crippen molar-refractivity contribution in [3.8, 4) is 11.1 Å². The quantitative estimate of drug-likeness (QED) is 0.400. The van der Waals surface area contributed by atoms with E-state index in [4.69, 9.17) is 4.74 Å². The fourth-order valence-electron chi connectivity index (χ4n) is 4.42. The largest absolute Gasteiger partial charge is 0.484 e. The molecule has 1 aliphatic heterocycles. The van der Waals surface area contributed by atoms with Crippen LogP contribution in [0, 0.1) is 0 Å². The average molecular weight is 503 g/mol. The summed E-state index contributed by atoms with van der Waals surface area (Å²) in [5.41, 5.74) is 3.53. The lowest BCUT2D eigenvalue weighted by Gasteiger charge is -2.41. The first-order chi connectivity index (χ1) is 15.4. The van der Waals surface area contributed by atoms with E-state index in [1.54, 1.807) is 0 Å². The lowest BCUT2D eigenvalue weighted by molar-refractivity contribution is -0.149. The maximum Gasteiger partial charge on any atom is 0.449 e. The number of benzene rings is 3. The zero-order valence-corrected chi connectivity index (χ0v) is 18.7. The van der Waals surface area contributed by atoms with Crippen molar-refractivity contribution in [1.29, 1.82) is 0 Å².